The molecule has 90 valence electrons. The predicted octanol–water partition coefficient (Wildman–Crippen LogP) is -0.201. The molecule has 2 aromatic rings. The van der Waals surface area contributed by atoms with E-state index in [0.29, 0.717) is 11.1 Å². The van der Waals surface area contributed by atoms with Crippen molar-refractivity contribution >= 4 is 24.0 Å². The molecule has 1 aromatic carbocycles. The van der Waals surface area contributed by atoms with Crippen molar-refractivity contribution < 1.29 is 64.3 Å². The van der Waals surface area contributed by atoms with Crippen molar-refractivity contribution in [2.75, 3.05) is 0 Å². The summed E-state index contributed by atoms with van der Waals surface area (Å²) in [7, 11) is 1.70. The van der Waals surface area contributed by atoms with Crippen LogP contribution in [0.5, 0.6) is 0 Å². The van der Waals surface area contributed by atoms with E-state index >= 15 is 0 Å². The van der Waals surface area contributed by atoms with E-state index in [4.69, 9.17) is 11.6 Å². The summed E-state index contributed by atoms with van der Waals surface area (Å²) in [5.74, 6) is 0. The van der Waals surface area contributed by atoms with E-state index in [1.807, 2.05) is 0 Å². The summed E-state index contributed by atoms with van der Waals surface area (Å²) in [4.78, 5) is 0. The van der Waals surface area contributed by atoms with Crippen molar-refractivity contribution in [3.63, 3.8) is 0 Å². The Morgan fingerprint density at radius 2 is 1.89 bits per heavy atom. The SMILES string of the molecule is Cn1cc(-c2ccc(Cl)c([B-](F)(F)F)c2)cn1.[K+]. The summed E-state index contributed by atoms with van der Waals surface area (Å²) in [5, 5.41) is 3.64. The van der Waals surface area contributed by atoms with Gasteiger partial charge in [0.2, 0.25) is 0 Å². The van der Waals surface area contributed by atoms with Crippen LogP contribution in [0.3, 0.4) is 0 Å². The van der Waals surface area contributed by atoms with Crippen molar-refractivity contribution in [3.05, 3.63) is 35.6 Å². The molecule has 0 amide bonds. The van der Waals surface area contributed by atoms with Gasteiger partial charge in [-0.15, -0.1) is 0 Å². The molecule has 2 nitrogen and oxygen atoms in total. The van der Waals surface area contributed by atoms with Crippen LogP contribution in [0, 0.1) is 0 Å². The molecule has 0 bridgehead atoms. The molecular weight excluding hydrogens is 290 g/mol. The minimum Gasteiger partial charge on any atom is -0.445 e. The third-order valence-corrected chi connectivity index (χ3v) is 2.73. The average molecular weight is 299 g/mol. The summed E-state index contributed by atoms with van der Waals surface area (Å²) in [6.07, 6.45) is 3.16. The first-order chi connectivity index (χ1) is 7.88. The van der Waals surface area contributed by atoms with Crippen LogP contribution in [0.2, 0.25) is 5.02 Å². The largest absolute Gasteiger partial charge is 1.00 e. The Morgan fingerprint density at radius 1 is 1.22 bits per heavy atom. The van der Waals surface area contributed by atoms with Gasteiger partial charge in [-0.25, -0.2) is 0 Å². The smallest absolute Gasteiger partial charge is 0.445 e. The molecule has 0 atom stereocenters. The second kappa shape index (κ2) is 6.11. The Labute approximate surface area is 150 Å². The third kappa shape index (κ3) is 3.62. The van der Waals surface area contributed by atoms with Gasteiger partial charge >= 0.3 is 58.4 Å². The Hall–Kier alpha value is 0.211. The van der Waals surface area contributed by atoms with Gasteiger partial charge in [0.05, 0.1) is 6.20 Å². The standard InChI is InChI=1S/C10H8BClF3N2.K/c1-17-6-8(5-16-17)7-2-3-10(12)9(4-7)11(13,14)15;/h2-6H,1H3;/q-1;+1. The predicted molar refractivity (Wildman–Crippen MR) is 62.4 cm³/mol. The molecule has 1 heterocycles. The maximum atomic E-state index is 12.7. The molecule has 18 heavy (non-hydrogen) atoms. The molecule has 0 unspecified atom stereocenters. The number of benzene rings is 1. The first-order valence-electron chi connectivity index (χ1n) is 4.86. The molecule has 0 radical (unpaired) electrons. The summed E-state index contributed by atoms with van der Waals surface area (Å²) in [6, 6.07) is 3.86. The quantitative estimate of drug-likeness (QED) is 0.702. The van der Waals surface area contributed by atoms with Crippen LogP contribution in [0.1, 0.15) is 0 Å². The fourth-order valence-corrected chi connectivity index (χ4v) is 1.79. The normalized spacial score (nSPS) is 11.2. The van der Waals surface area contributed by atoms with Crippen LogP contribution in [0.15, 0.2) is 30.6 Å². The van der Waals surface area contributed by atoms with Crippen molar-refractivity contribution in [1.29, 1.82) is 0 Å². The molecule has 0 saturated heterocycles. The molecule has 0 N–H and O–H groups in total. The summed E-state index contributed by atoms with van der Waals surface area (Å²) >= 11 is 5.55. The molecule has 0 saturated carbocycles. The van der Waals surface area contributed by atoms with Crippen molar-refractivity contribution in [2.45, 2.75) is 0 Å². The Bertz CT molecular complexity index is 556. The van der Waals surface area contributed by atoms with Crippen molar-refractivity contribution in [1.82, 2.24) is 9.78 Å². The zero-order valence-electron chi connectivity index (χ0n) is 9.87. The Balaban J connectivity index is 0.00000162. The molecule has 0 fully saturated rings. The molecule has 0 aliphatic rings. The van der Waals surface area contributed by atoms with Gasteiger partial charge in [0, 0.05) is 23.8 Å². The van der Waals surface area contributed by atoms with E-state index in [1.54, 1.807) is 19.3 Å². The van der Waals surface area contributed by atoms with Crippen LogP contribution in [-0.2, 0) is 7.05 Å². The summed E-state index contributed by atoms with van der Waals surface area (Å²) in [6.45, 7) is -5.10. The van der Waals surface area contributed by atoms with Gasteiger partial charge in [0.15, 0.2) is 0 Å². The summed E-state index contributed by atoms with van der Waals surface area (Å²) < 4.78 is 39.7. The van der Waals surface area contributed by atoms with E-state index < -0.39 is 12.4 Å². The van der Waals surface area contributed by atoms with Crippen LogP contribution in [-0.4, -0.2) is 16.8 Å². The Morgan fingerprint density at radius 3 is 2.39 bits per heavy atom. The average Bonchev–Trinajstić information content (AvgIpc) is 2.64. The molecule has 1 aromatic heterocycles. The number of nitrogens with zero attached hydrogens (tertiary/aromatic N) is 2. The van der Waals surface area contributed by atoms with Crippen LogP contribution in [0.25, 0.3) is 11.1 Å². The first kappa shape index (κ1) is 16.3. The molecule has 2 rings (SSSR count). The summed E-state index contributed by atoms with van der Waals surface area (Å²) in [5.41, 5.74) is 0.315. The zero-order chi connectivity index (χ0) is 12.6. The minimum atomic E-state index is -5.10. The third-order valence-electron chi connectivity index (χ3n) is 2.39. The molecule has 0 aliphatic carbocycles. The van der Waals surface area contributed by atoms with E-state index in [9.17, 15) is 12.9 Å². The molecule has 8 heteroatoms. The second-order valence-electron chi connectivity index (χ2n) is 3.71. The monoisotopic (exact) mass is 298 g/mol. The molecular formula is C10H8BClF3KN2. The number of hydrogen-bond acceptors (Lipinski definition) is 1. The van der Waals surface area contributed by atoms with Gasteiger partial charge in [0.1, 0.15) is 0 Å². The van der Waals surface area contributed by atoms with E-state index in [1.165, 1.54) is 16.9 Å². The van der Waals surface area contributed by atoms with Gasteiger partial charge in [-0.05, 0) is 11.6 Å². The topological polar surface area (TPSA) is 17.8 Å². The van der Waals surface area contributed by atoms with Gasteiger partial charge < -0.3 is 12.9 Å². The van der Waals surface area contributed by atoms with E-state index in [-0.39, 0.29) is 56.4 Å². The van der Waals surface area contributed by atoms with E-state index in [0.717, 1.165) is 6.07 Å². The fourth-order valence-electron chi connectivity index (χ4n) is 1.54. The Kier molecular flexibility index (Phi) is 5.52. The van der Waals surface area contributed by atoms with Gasteiger partial charge in [-0.3, -0.25) is 4.68 Å². The van der Waals surface area contributed by atoms with Crippen molar-refractivity contribution in [3.8, 4) is 11.1 Å². The minimum absolute atomic E-state index is 0. The van der Waals surface area contributed by atoms with E-state index in [2.05, 4.69) is 5.10 Å². The zero-order valence-corrected chi connectivity index (χ0v) is 13.7. The number of aromatic nitrogens is 2. The van der Waals surface area contributed by atoms with Gasteiger partial charge in [-0.2, -0.15) is 5.10 Å². The number of hydrogen-bond donors (Lipinski definition) is 0. The van der Waals surface area contributed by atoms with Crippen molar-refractivity contribution in [2.24, 2.45) is 7.05 Å². The maximum Gasteiger partial charge on any atom is 1.00 e. The van der Waals surface area contributed by atoms with Gasteiger partial charge in [-0.1, -0.05) is 29.2 Å². The van der Waals surface area contributed by atoms with Crippen LogP contribution in [0.4, 0.5) is 12.9 Å². The number of rotatable bonds is 2. The van der Waals surface area contributed by atoms with Crippen LogP contribution >= 0.6 is 11.6 Å². The first-order valence-corrected chi connectivity index (χ1v) is 5.24. The van der Waals surface area contributed by atoms with Crippen LogP contribution < -0.4 is 56.8 Å². The molecule has 0 spiro atoms. The van der Waals surface area contributed by atoms with Gasteiger partial charge in [0.25, 0.3) is 0 Å². The molecule has 0 aliphatic heterocycles. The number of aryl methyl sites for hydroxylation is 1. The maximum absolute atomic E-state index is 12.7. The fraction of sp³-hybridized carbons (Fsp3) is 0.100. The number of halogens is 4. The second-order valence-corrected chi connectivity index (χ2v) is 4.12.